The summed E-state index contributed by atoms with van der Waals surface area (Å²) in [7, 11) is 0. The zero-order valence-corrected chi connectivity index (χ0v) is 20.7. The number of benzene rings is 1. The predicted molar refractivity (Wildman–Crippen MR) is 133 cm³/mol. The van der Waals surface area contributed by atoms with Crippen LogP contribution in [-0.4, -0.2) is 50.5 Å². The fourth-order valence-corrected chi connectivity index (χ4v) is 4.97. The summed E-state index contributed by atoms with van der Waals surface area (Å²) in [6.07, 6.45) is 5.53. The lowest BCUT2D eigenvalue weighted by atomic mass is 9.86. The number of ether oxygens (including phenoxy) is 1. The zero-order chi connectivity index (χ0) is 24.9. The molecule has 1 saturated heterocycles. The number of nitrogens with one attached hydrogen (secondary N) is 1. The highest BCUT2D eigenvalue weighted by Gasteiger charge is 2.31. The van der Waals surface area contributed by atoms with Crippen LogP contribution in [0.4, 0.5) is 10.3 Å². The third-order valence-electron chi connectivity index (χ3n) is 6.95. The van der Waals surface area contributed by atoms with Gasteiger partial charge in [0.2, 0.25) is 5.95 Å². The van der Waals surface area contributed by atoms with Crippen molar-refractivity contribution in [1.29, 1.82) is 0 Å². The highest BCUT2D eigenvalue weighted by Crippen LogP contribution is 2.45. The number of aliphatic hydroxyl groups excluding tert-OH is 1. The molecule has 2 fully saturated rings. The van der Waals surface area contributed by atoms with Gasteiger partial charge in [0.25, 0.3) is 0 Å². The molecule has 2 aliphatic rings. The first-order valence-electron chi connectivity index (χ1n) is 12.4. The second-order valence-corrected chi connectivity index (χ2v) is 10.6. The van der Waals surface area contributed by atoms with Crippen LogP contribution in [0.15, 0.2) is 24.5 Å². The number of nitrogens with zero attached hydrogens (tertiary/aromatic N) is 3. The highest BCUT2D eigenvalue weighted by molar-refractivity contribution is 5.89. The van der Waals surface area contributed by atoms with Crippen molar-refractivity contribution >= 4 is 16.9 Å². The van der Waals surface area contributed by atoms with Gasteiger partial charge in [0.05, 0.1) is 30.0 Å². The van der Waals surface area contributed by atoms with Gasteiger partial charge in [-0.15, -0.1) is 0 Å². The van der Waals surface area contributed by atoms with Crippen LogP contribution < -0.4 is 5.32 Å². The molecule has 0 unspecified atom stereocenters. The molecular formula is C27H33FN4O3. The molecule has 2 atom stereocenters. The molecule has 3 N–H and O–H groups in total. The van der Waals surface area contributed by atoms with Crippen LogP contribution in [0.2, 0.25) is 0 Å². The fraction of sp³-hybridized carbons (Fsp3) is 0.519. The Bertz CT molecular complexity index is 1250. The topological polar surface area (TPSA) is 100 Å². The van der Waals surface area contributed by atoms with Gasteiger partial charge in [-0.2, -0.15) is 0 Å². The van der Waals surface area contributed by atoms with Crippen molar-refractivity contribution < 1.29 is 19.3 Å². The monoisotopic (exact) mass is 480 g/mol. The maximum absolute atomic E-state index is 15.4. The average molecular weight is 481 g/mol. The first-order chi connectivity index (χ1) is 16.6. The van der Waals surface area contributed by atoms with Crippen molar-refractivity contribution in [3.8, 4) is 11.3 Å². The molecule has 2 aromatic heterocycles. The molecule has 3 heterocycles. The van der Waals surface area contributed by atoms with E-state index in [-0.39, 0.29) is 24.1 Å². The van der Waals surface area contributed by atoms with E-state index in [9.17, 15) is 10.2 Å². The van der Waals surface area contributed by atoms with E-state index < -0.39 is 17.5 Å². The van der Waals surface area contributed by atoms with E-state index in [4.69, 9.17) is 9.72 Å². The number of hydrogen-bond acceptors (Lipinski definition) is 7. The van der Waals surface area contributed by atoms with Crippen LogP contribution in [0.1, 0.15) is 75.5 Å². The number of hydrogen-bond donors (Lipinski definition) is 3. The van der Waals surface area contributed by atoms with Crippen LogP contribution in [0.3, 0.4) is 0 Å². The molecule has 1 saturated carbocycles. The SMILES string of the molecule is CC(C)c1c(C(C)(C)O)cnc2c(F)cc(-c3nc(N[C@@H]4CCOC[C@H]4O)ncc3C3CC3)cc12. The van der Waals surface area contributed by atoms with E-state index in [0.29, 0.717) is 47.1 Å². The van der Waals surface area contributed by atoms with Crippen molar-refractivity contribution in [3.05, 3.63) is 47.0 Å². The second-order valence-electron chi connectivity index (χ2n) is 10.6. The summed E-state index contributed by atoms with van der Waals surface area (Å²) in [6.45, 7) is 8.36. The smallest absolute Gasteiger partial charge is 0.223 e. The number of aromatic nitrogens is 3. The van der Waals surface area contributed by atoms with Crippen molar-refractivity contribution in [2.24, 2.45) is 0 Å². The van der Waals surface area contributed by atoms with Crippen molar-refractivity contribution in [1.82, 2.24) is 15.0 Å². The van der Waals surface area contributed by atoms with Crippen molar-refractivity contribution in [3.63, 3.8) is 0 Å². The summed E-state index contributed by atoms with van der Waals surface area (Å²) in [5.74, 6) is 0.397. The minimum Gasteiger partial charge on any atom is -0.389 e. The van der Waals surface area contributed by atoms with Crippen LogP contribution in [0.25, 0.3) is 22.2 Å². The zero-order valence-electron chi connectivity index (χ0n) is 20.7. The fourth-order valence-electron chi connectivity index (χ4n) is 4.97. The summed E-state index contributed by atoms with van der Waals surface area (Å²) >= 11 is 0. The minimum absolute atomic E-state index is 0.0529. The minimum atomic E-state index is -1.11. The standard InChI is InChI=1S/C27H33FN4O3/c1-14(2)23-17-9-16(10-20(28)25(17)29-12-19(23)27(3,4)34)24-18(15-5-6-15)11-30-26(32-24)31-21-7-8-35-13-22(21)33/h9-12,14-15,21-22,33-34H,5-8,13H2,1-4H3,(H,30,31,32)/t21-,22-/m1/s1. The lowest BCUT2D eigenvalue weighted by molar-refractivity contribution is -0.0136. The van der Waals surface area contributed by atoms with E-state index >= 15 is 4.39 Å². The summed E-state index contributed by atoms with van der Waals surface area (Å²) < 4.78 is 20.8. The van der Waals surface area contributed by atoms with Gasteiger partial charge in [-0.25, -0.2) is 14.4 Å². The number of fused-ring (bicyclic) bond motifs is 1. The van der Waals surface area contributed by atoms with E-state index in [2.05, 4.69) is 15.3 Å². The van der Waals surface area contributed by atoms with Gasteiger partial charge < -0.3 is 20.3 Å². The van der Waals surface area contributed by atoms with E-state index in [1.165, 1.54) is 6.07 Å². The Balaban J connectivity index is 1.65. The number of anilines is 1. The Hall–Kier alpha value is -2.68. The molecule has 8 heteroatoms. The van der Waals surface area contributed by atoms with Gasteiger partial charge in [0.15, 0.2) is 0 Å². The molecule has 186 valence electrons. The Morgan fingerprint density at radius 2 is 1.91 bits per heavy atom. The Labute approximate surface area is 204 Å². The molecule has 0 spiro atoms. The number of aliphatic hydroxyl groups is 2. The quantitative estimate of drug-likeness (QED) is 0.473. The van der Waals surface area contributed by atoms with Crippen LogP contribution in [0, 0.1) is 5.82 Å². The van der Waals surface area contributed by atoms with Gasteiger partial charge in [-0.05, 0) is 62.6 Å². The maximum Gasteiger partial charge on any atom is 0.223 e. The summed E-state index contributed by atoms with van der Waals surface area (Å²) in [5.41, 5.74) is 3.10. The number of halogens is 1. The van der Waals surface area contributed by atoms with E-state index in [1.54, 1.807) is 20.0 Å². The van der Waals surface area contributed by atoms with E-state index in [1.807, 2.05) is 26.1 Å². The lowest BCUT2D eigenvalue weighted by Crippen LogP contribution is -2.42. The molecular weight excluding hydrogens is 447 g/mol. The third-order valence-corrected chi connectivity index (χ3v) is 6.95. The van der Waals surface area contributed by atoms with Crippen LogP contribution >= 0.6 is 0 Å². The largest absolute Gasteiger partial charge is 0.389 e. The highest BCUT2D eigenvalue weighted by atomic mass is 19.1. The number of rotatable bonds is 6. The lowest BCUT2D eigenvalue weighted by Gasteiger charge is -2.28. The summed E-state index contributed by atoms with van der Waals surface area (Å²) in [5, 5.41) is 25.0. The average Bonchev–Trinajstić information content (AvgIpc) is 3.64. The molecule has 0 amide bonds. The predicted octanol–water partition coefficient (Wildman–Crippen LogP) is 4.62. The Morgan fingerprint density at radius 3 is 2.57 bits per heavy atom. The molecule has 1 aromatic carbocycles. The van der Waals surface area contributed by atoms with Crippen molar-refractivity contribution in [2.75, 3.05) is 18.5 Å². The van der Waals surface area contributed by atoms with Gasteiger partial charge in [-0.1, -0.05) is 13.8 Å². The normalized spacial score (nSPS) is 21.0. The maximum atomic E-state index is 15.4. The summed E-state index contributed by atoms with van der Waals surface area (Å²) in [6, 6.07) is 3.23. The molecule has 1 aliphatic heterocycles. The molecule has 5 rings (SSSR count). The molecule has 35 heavy (non-hydrogen) atoms. The molecule has 7 nitrogen and oxygen atoms in total. The molecule has 0 radical (unpaired) electrons. The summed E-state index contributed by atoms with van der Waals surface area (Å²) in [4.78, 5) is 13.7. The Morgan fingerprint density at radius 1 is 1.14 bits per heavy atom. The van der Waals surface area contributed by atoms with Crippen LogP contribution in [-0.2, 0) is 10.3 Å². The van der Waals surface area contributed by atoms with E-state index in [0.717, 1.165) is 24.0 Å². The molecule has 3 aromatic rings. The Kier molecular flexibility index (Phi) is 6.23. The van der Waals surface area contributed by atoms with Gasteiger partial charge in [-0.3, -0.25) is 4.98 Å². The second kappa shape index (κ2) is 9.08. The van der Waals surface area contributed by atoms with Gasteiger partial charge in [0.1, 0.15) is 11.3 Å². The van der Waals surface area contributed by atoms with Gasteiger partial charge >= 0.3 is 0 Å². The van der Waals surface area contributed by atoms with Gasteiger partial charge in [0, 0.05) is 41.1 Å². The molecule has 0 bridgehead atoms. The number of pyridine rings is 1. The van der Waals surface area contributed by atoms with Crippen LogP contribution in [0.5, 0.6) is 0 Å². The third kappa shape index (κ3) is 4.75. The first kappa shape index (κ1) is 24.0. The first-order valence-corrected chi connectivity index (χ1v) is 12.4. The van der Waals surface area contributed by atoms with Crippen molar-refractivity contribution in [2.45, 2.75) is 76.5 Å². The molecule has 1 aliphatic carbocycles.